The Hall–Kier alpha value is -6.19. The van der Waals surface area contributed by atoms with E-state index in [1.807, 2.05) is 42.6 Å². The van der Waals surface area contributed by atoms with E-state index < -0.39 is 0 Å². The second kappa shape index (κ2) is 11.5. The van der Waals surface area contributed by atoms with Crippen molar-refractivity contribution in [1.82, 2.24) is 15.0 Å². The molecule has 1 aliphatic rings. The third-order valence-corrected chi connectivity index (χ3v) is 9.94. The Morgan fingerprint density at radius 3 is 1.80 bits per heavy atom. The molecule has 2 heterocycles. The maximum absolute atomic E-state index is 5.14. The quantitative estimate of drug-likeness (QED) is 0.191. The summed E-state index contributed by atoms with van der Waals surface area (Å²) >= 11 is 0. The molecule has 0 saturated carbocycles. The maximum Gasteiger partial charge on any atom is 0.160 e. The molecule has 0 N–H and O–H groups in total. The second-order valence-corrected chi connectivity index (χ2v) is 13.3. The molecule has 0 spiro atoms. The van der Waals surface area contributed by atoms with E-state index in [1.165, 1.54) is 44.2 Å². The summed E-state index contributed by atoms with van der Waals surface area (Å²) in [6.07, 6.45) is 1.82. The highest BCUT2D eigenvalue weighted by atomic mass is 14.9. The van der Waals surface area contributed by atoms with Crippen molar-refractivity contribution in [3.05, 3.63) is 175 Å². The van der Waals surface area contributed by atoms with Gasteiger partial charge in [0.05, 0.1) is 17.1 Å². The molecule has 6 aromatic carbocycles. The summed E-state index contributed by atoms with van der Waals surface area (Å²) in [7, 11) is 0. The summed E-state index contributed by atoms with van der Waals surface area (Å²) in [5.74, 6) is 0.704. The Morgan fingerprint density at radius 1 is 0.408 bits per heavy atom. The van der Waals surface area contributed by atoms with Gasteiger partial charge < -0.3 is 0 Å². The predicted molar refractivity (Wildman–Crippen MR) is 202 cm³/mol. The van der Waals surface area contributed by atoms with Gasteiger partial charge >= 0.3 is 0 Å². The molecule has 0 bridgehead atoms. The molecular formula is C46H33N3. The van der Waals surface area contributed by atoms with Gasteiger partial charge in [-0.05, 0) is 80.6 Å². The molecule has 0 amide bonds. The zero-order valence-electron chi connectivity index (χ0n) is 27.4. The number of benzene rings is 6. The largest absolute Gasteiger partial charge is 0.256 e. The molecule has 0 fully saturated rings. The molecule has 9 rings (SSSR count). The first kappa shape index (κ1) is 29.0. The van der Waals surface area contributed by atoms with Gasteiger partial charge in [-0.2, -0.15) is 0 Å². The highest BCUT2D eigenvalue weighted by Crippen LogP contribution is 2.53. The van der Waals surface area contributed by atoms with E-state index in [4.69, 9.17) is 9.97 Å². The number of aromatic nitrogens is 3. The van der Waals surface area contributed by atoms with Gasteiger partial charge in [0.1, 0.15) is 0 Å². The maximum atomic E-state index is 5.14. The molecule has 3 nitrogen and oxygen atoms in total. The predicted octanol–water partition coefficient (Wildman–Crippen LogP) is 11.7. The van der Waals surface area contributed by atoms with Crippen LogP contribution in [-0.4, -0.2) is 15.0 Å². The summed E-state index contributed by atoms with van der Waals surface area (Å²) in [6.45, 7) is 4.70. The minimum atomic E-state index is -0.0966. The van der Waals surface area contributed by atoms with Crippen molar-refractivity contribution in [3.63, 3.8) is 0 Å². The van der Waals surface area contributed by atoms with Crippen LogP contribution >= 0.6 is 0 Å². The van der Waals surface area contributed by atoms with Crippen molar-refractivity contribution in [2.24, 2.45) is 0 Å². The lowest BCUT2D eigenvalue weighted by Gasteiger charge is -2.22. The van der Waals surface area contributed by atoms with Crippen molar-refractivity contribution in [1.29, 1.82) is 0 Å². The first-order valence-corrected chi connectivity index (χ1v) is 16.8. The topological polar surface area (TPSA) is 38.7 Å². The van der Waals surface area contributed by atoms with Gasteiger partial charge in [-0.25, -0.2) is 9.97 Å². The van der Waals surface area contributed by atoms with Gasteiger partial charge in [-0.15, -0.1) is 0 Å². The molecule has 0 unspecified atom stereocenters. The summed E-state index contributed by atoms with van der Waals surface area (Å²) in [5.41, 5.74) is 14.6. The zero-order valence-corrected chi connectivity index (χ0v) is 27.4. The average molecular weight is 628 g/mol. The number of pyridine rings is 1. The first-order valence-electron chi connectivity index (χ1n) is 16.8. The third-order valence-electron chi connectivity index (χ3n) is 9.94. The van der Waals surface area contributed by atoms with Crippen molar-refractivity contribution in [2.75, 3.05) is 0 Å². The van der Waals surface area contributed by atoms with Crippen LogP contribution in [0.1, 0.15) is 25.0 Å². The Morgan fingerprint density at radius 2 is 1.04 bits per heavy atom. The van der Waals surface area contributed by atoms with Crippen LogP contribution in [0, 0.1) is 0 Å². The van der Waals surface area contributed by atoms with Crippen LogP contribution in [0.3, 0.4) is 0 Å². The fraction of sp³-hybridized carbons (Fsp3) is 0.0652. The van der Waals surface area contributed by atoms with Crippen molar-refractivity contribution in [3.8, 4) is 67.4 Å². The lowest BCUT2D eigenvalue weighted by molar-refractivity contribution is 0.661. The highest BCUT2D eigenvalue weighted by molar-refractivity contribution is 5.98. The Labute approximate surface area is 286 Å². The Bertz CT molecular complexity index is 2500. The van der Waals surface area contributed by atoms with Crippen LogP contribution in [0.25, 0.3) is 78.2 Å². The van der Waals surface area contributed by atoms with Crippen LogP contribution in [0.5, 0.6) is 0 Å². The van der Waals surface area contributed by atoms with Crippen LogP contribution < -0.4 is 0 Å². The highest BCUT2D eigenvalue weighted by Gasteiger charge is 2.37. The number of hydrogen-bond acceptors (Lipinski definition) is 3. The summed E-state index contributed by atoms with van der Waals surface area (Å²) in [6, 6.07) is 55.8. The normalized spacial score (nSPS) is 12.9. The smallest absolute Gasteiger partial charge is 0.160 e. The monoisotopic (exact) mass is 627 g/mol. The molecule has 1 aliphatic carbocycles. The molecule has 49 heavy (non-hydrogen) atoms. The fourth-order valence-electron chi connectivity index (χ4n) is 7.36. The van der Waals surface area contributed by atoms with E-state index in [2.05, 4.69) is 140 Å². The van der Waals surface area contributed by atoms with Gasteiger partial charge in [-0.1, -0.05) is 135 Å². The van der Waals surface area contributed by atoms with E-state index in [1.54, 1.807) is 0 Å². The lowest BCUT2D eigenvalue weighted by atomic mass is 9.81. The summed E-state index contributed by atoms with van der Waals surface area (Å²) < 4.78 is 0. The molecule has 3 heteroatoms. The van der Waals surface area contributed by atoms with Gasteiger partial charge in [0.15, 0.2) is 5.82 Å². The molecule has 8 aromatic rings. The molecule has 2 aromatic heterocycles. The second-order valence-electron chi connectivity index (χ2n) is 13.3. The van der Waals surface area contributed by atoms with E-state index in [0.717, 1.165) is 39.3 Å². The van der Waals surface area contributed by atoms with Crippen molar-refractivity contribution < 1.29 is 0 Å². The molecule has 0 saturated heterocycles. The average Bonchev–Trinajstić information content (AvgIpc) is 3.39. The van der Waals surface area contributed by atoms with Gasteiger partial charge in [0, 0.05) is 33.9 Å². The molecule has 0 aliphatic heterocycles. The first-order chi connectivity index (χ1) is 24.0. The Balaban J connectivity index is 1.17. The van der Waals surface area contributed by atoms with Crippen LogP contribution in [0.15, 0.2) is 164 Å². The van der Waals surface area contributed by atoms with E-state index in [0.29, 0.717) is 5.82 Å². The van der Waals surface area contributed by atoms with Gasteiger partial charge in [0.25, 0.3) is 0 Å². The van der Waals surface area contributed by atoms with E-state index >= 15 is 0 Å². The zero-order chi connectivity index (χ0) is 33.0. The fourth-order valence-corrected chi connectivity index (χ4v) is 7.36. The van der Waals surface area contributed by atoms with Crippen LogP contribution in [0.4, 0.5) is 0 Å². The number of rotatable bonds is 5. The lowest BCUT2D eigenvalue weighted by Crippen LogP contribution is -2.14. The van der Waals surface area contributed by atoms with Crippen molar-refractivity contribution in [2.45, 2.75) is 19.3 Å². The van der Waals surface area contributed by atoms with E-state index in [-0.39, 0.29) is 5.41 Å². The van der Waals surface area contributed by atoms with E-state index in [9.17, 15) is 0 Å². The number of nitrogens with zero attached hydrogens (tertiary/aromatic N) is 3. The number of hydrogen-bond donors (Lipinski definition) is 0. The minimum absolute atomic E-state index is 0.0966. The van der Waals surface area contributed by atoms with Gasteiger partial charge in [-0.3, -0.25) is 4.98 Å². The standard InChI is InChI=1S/C46H33N3/c1-46(2)39-19-11-18-37(44(39)38-27-33-14-6-7-15-34(33)28-40(38)46)35-16-10-17-36(26-35)43-29-42(48-45(49-43)32-12-4-3-5-13-32)31-23-21-30(22-24-31)41-20-8-9-25-47-41/h3-29H,1-2H3. The van der Waals surface area contributed by atoms with Crippen molar-refractivity contribution >= 4 is 10.8 Å². The summed E-state index contributed by atoms with van der Waals surface area (Å²) in [4.78, 5) is 14.7. The summed E-state index contributed by atoms with van der Waals surface area (Å²) in [5, 5.41) is 2.55. The molecule has 0 atom stereocenters. The molecule has 0 radical (unpaired) electrons. The molecule has 232 valence electrons. The Kier molecular flexibility index (Phi) is 6.80. The van der Waals surface area contributed by atoms with Crippen LogP contribution in [-0.2, 0) is 5.41 Å². The number of fused-ring (bicyclic) bond motifs is 4. The third kappa shape index (κ3) is 5.03. The molecular weight excluding hydrogens is 595 g/mol. The minimum Gasteiger partial charge on any atom is -0.256 e. The van der Waals surface area contributed by atoms with Gasteiger partial charge in [0.2, 0.25) is 0 Å². The SMILES string of the molecule is CC1(C)c2cc3ccccc3cc2-c2c(-c3cccc(-c4cc(-c5ccc(-c6ccccn6)cc5)nc(-c5ccccc5)n4)c3)cccc21. The van der Waals surface area contributed by atoms with Crippen LogP contribution in [0.2, 0.25) is 0 Å².